The summed E-state index contributed by atoms with van der Waals surface area (Å²) in [6.07, 6.45) is 0. The largest absolute Gasteiger partial charge is 0.456 e. The predicted molar refractivity (Wildman–Crippen MR) is 261 cm³/mol. The van der Waals surface area contributed by atoms with E-state index in [1.165, 1.54) is 5.39 Å². The molecule has 0 saturated heterocycles. The van der Waals surface area contributed by atoms with Gasteiger partial charge in [0.25, 0.3) is 0 Å². The zero-order chi connectivity index (χ0) is 42.1. The maximum Gasteiger partial charge on any atom is 0.164 e. The van der Waals surface area contributed by atoms with Gasteiger partial charge in [-0.05, 0) is 77.9 Å². The zero-order valence-corrected chi connectivity index (χ0v) is 34.4. The molecule has 13 rings (SSSR count). The molecule has 4 aromatic heterocycles. The van der Waals surface area contributed by atoms with Crippen molar-refractivity contribution in [1.29, 1.82) is 0 Å². The quantitative estimate of drug-likeness (QED) is 0.156. The summed E-state index contributed by atoms with van der Waals surface area (Å²) in [4.78, 5) is 20.8. The van der Waals surface area contributed by atoms with Crippen LogP contribution in [0.25, 0.3) is 128 Å². The predicted octanol–water partition coefficient (Wildman–Crippen LogP) is 14.9. The Bertz CT molecular complexity index is 3950. The molecule has 0 N–H and O–H groups in total. The molecule has 4 heterocycles. The van der Waals surface area contributed by atoms with Gasteiger partial charge in [0.15, 0.2) is 17.5 Å². The fourth-order valence-electron chi connectivity index (χ4n) is 9.46. The lowest BCUT2D eigenvalue weighted by Gasteiger charge is -2.13. The molecular weight excluding hydrogens is 783 g/mol. The lowest BCUT2D eigenvalue weighted by Crippen LogP contribution is -2.00. The lowest BCUT2D eigenvalue weighted by molar-refractivity contribution is 0.669. The number of aromatic nitrogens is 5. The Morgan fingerprint density at radius 2 is 0.891 bits per heavy atom. The molecule has 298 valence electrons. The Morgan fingerprint density at radius 1 is 0.312 bits per heavy atom. The van der Waals surface area contributed by atoms with Crippen molar-refractivity contribution in [3.8, 4) is 62.2 Å². The van der Waals surface area contributed by atoms with Crippen molar-refractivity contribution in [2.45, 2.75) is 0 Å². The Balaban J connectivity index is 0.971. The molecule has 0 aliphatic heterocycles. The lowest BCUT2D eigenvalue weighted by atomic mass is 9.94. The van der Waals surface area contributed by atoms with Gasteiger partial charge < -0.3 is 8.98 Å². The first kappa shape index (κ1) is 36.0. The summed E-state index contributed by atoms with van der Waals surface area (Å²) in [5, 5.41) is 7.81. The first-order chi connectivity index (χ1) is 31.7. The smallest absolute Gasteiger partial charge is 0.164 e. The molecule has 6 nitrogen and oxygen atoms in total. The molecule has 0 aliphatic carbocycles. The minimum Gasteiger partial charge on any atom is -0.456 e. The van der Waals surface area contributed by atoms with Gasteiger partial charge in [0.2, 0.25) is 0 Å². The second-order valence-corrected chi connectivity index (χ2v) is 16.2. The number of hydrogen-bond acceptors (Lipinski definition) is 5. The standard InChI is InChI=1S/C58H35N5O/c1-4-15-36(16-5-1)55-46-30-32-52-54(45-24-11-13-26-51(45)64-52)53(46)44-29-27-39(35-48(44)59-55)38-19-14-20-40(33-38)57-60-56(37-17-6-2-7-18-37)61-58(62-57)41-28-31-50-47(34-41)43-23-10-12-25-49(43)63(50)42-21-8-3-9-22-42/h1-35H. The van der Waals surface area contributed by atoms with Gasteiger partial charge in [0.05, 0.1) is 22.2 Å². The van der Waals surface area contributed by atoms with Gasteiger partial charge in [-0.25, -0.2) is 19.9 Å². The molecular formula is C58H35N5O. The van der Waals surface area contributed by atoms with Crippen LogP contribution >= 0.6 is 0 Å². The van der Waals surface area contributed by atoms with Crippen molar-refractivity contribution >= 4 is 65.4 Å². The summed E-state index contributed by atoms with van der Waals surface area (Å²) in [7, 11) is 0. The summed E-state index contributed by atoms with van der Waals surface area (Å²) in [6.45, 7) is 0. The van der Waals surface area contributed by atoms with E-state index in [4.69, 9.17) is 24.4 Å². The second-order valence-electron chi connectivity index (χ2n) is 16.2. The van der Waals surface area contributed by atoms with Crippen molar-refractivity contribution in [3.63, 3.8) is 0 Å². The van der Waals surface area contributed by atoms with Gasteiger partial charge in [0.1, 0.15) is 11.2 Å². The Morgan fingerprint density at radius 3 is 1.69 bits per heavy atom. The highest BCUT2D eigenvalue weighted by atomic mass is 16.3. The minimum absolute atomic E-state index is 0.600. The molecule has 0 amide bonds. The first-order valence-electron chi connectivity index (χ1n) is 21.5. The van der Waals surface area contributed by atoms with E-state index in [9.17, 15) is 0 Å². The van der Waals surface area contributed by atoms with E-state index in [0.29, 0.717) is 17.5 Å². The number of nitrogens with zero attached hydrogens (tertiary/aromatic N) is 5. The Hall–Kier alpha value is -8.74. The number of fused-ring (bicyclic) bond motifs is 10. The van der Waals surface area contributed by atoms with E-state index in [2.05, 4.69) is 168 Å². The molecule has 13 aromatic rings. The van der Waals surface area contributed by atoms with Crippen molar-refractivity contribution in [1.82, 2.24) is 24.5 Å². The number of pyridine rings is 1. The molecule has 0 unspecified atom stereocenters. The second kappa shape index (κ2) is 14.4. The zero-order valence-electron chi connectivity index (χ0n) is 34.4. The fraction of sp³-hybridized carbons (Fsp3) is 0. The molecule has 0 aliphatic rings. The highest BCUT2D eigenvalue weighted by Gasteiger charge is 2.20. The van der Waals surface area contributed by atoms with Crippen molar-refractivity contribution in [2.24, 2.45) is 0 Å². The van der Waals surface area contributed by atoms with Crippen LogP contribution in [-0.2, 0) is 0 Å². The molecule has 0 radical (unpaired) electrons. The summed E-state index contributed by atoms with van der Waals surface area (Å²) in [6, 6.07) is 73.8. The Kier molecular flexibility index (Phi) is 8.11. The van der Waals surface area contributed by atoms with E-state index in [-0.39, 0.29) is 0 Å². The Labute approximate surface area is 367 Å². The third-order valence-corrected chi connectivity index (χ3v) is 12.4. The molecule has 0 bridgehead atoms. The van der Waals surface area contributed by atoms with Crippen LogP contribution in [0.2, 0.25) is 0 Å². The number of benzene rings is 9. The highest BCUT2D eigenvalue weighted by molar-refractivity contribution is 6.28. The molecule has 6 heteroatoms. The average molecular weight is 818 g/mol. The molecule has 9 aromatic carbocycles. The number of furan rings is 1. The van der Waals surface area contributed by atoms with Crippen LogP contribution in [0.3, 0.4) is 0 Å². The van der Waals surface area contributed by atoms with E-state index in [1.54, 1.807) is 0 Å². The van der Waals surface area contributed by atoms with Crippen LogP contribution < -0.4 is 0 Å². The van der Waals surface area contributed by atoms with Crippen LogP contribution in [-0.4, -0.2) is 24.5 Å². The number of para-hydroxylation sites is 3. The normalized spacial score (nSPS) is 11.8. The molecule has 64 heavy (non-hydrogen) atoms. The topological polar surface area (TPSA) is 69.6 Å². The van der Waals surface area contributed by atoms with Gasteiger partial charge in [-0.1, -0.05) is 146 Å². The maximum absolute atomic E-state index is 6.39. The highest BCUT2D eigenvalue weighted by Crippen LogP contribution is 2.42. The third-order valence-electron chi connectivity index (χ3n) is 12.4. The van der Waals surface area contributed by atoms with E-state index < -0.39 is 0 Å². The maximum atomic E-state index is 6.39. The van der Waals surface area contributed by atoms with Gasteiger partial charge in [-0.2, -0.15) is 0 Å². The molecule has 0 spiro atoms. The summed E-state index contributed by atoms with van der Waals surface area (Å²) in [5.41, 5.74) is 12.8. The van der Waals surface area contributed by atoms with Crippen molar-refractivity contribution < 1.29 is 4.42 Å². The van der Waals surface area contributed by atoms with Crippen LogP contribution in [0, 0.1) is 0 Å². The van der Waals surface area contributed by atoms with E-state index >= 15 is 0 Å². The van der Waals surface area contributed by atoms with Crippen molar-refractivity contribution in [2.75, 3.05) is 0 Å². The molecule has 0 atom stereocenters. The summed E-state index contributed by atoms with van der Waals surface area (Å²) >= 11 is 0. The first-order valence-corrected chi connectivity index (χ1v) is 21.5. The average Bonchev–Trinajstić information content (AvgIpc) is 3.92. The monoisotopic (exact) mass is 817 g/mol. The fourth-order valence-corrected chi connectivity index (χ4v) is 9.46. The number of rotatable bonds is 6. The summed E-state index contributed by atoms with van der Waals surface area (Å²) < 4.78 is 8.71. The molecule has 0 fully saturated rings. The number of hydrogen-bond donors (Lipinski definition) is 0. The SMILES string of the molecule is c1ccc(-c2nc(-c3cccc(-c4ccc5c(c4)nc(-c4ccccc4)c4ccc6oc7ccccc7c6c45)c3)nc(-c3ccc4c(c3)c3ccccc3n4-c3ccccc3)n2)cc1. The summed E-state index contributed by atoms with van der Waals surface area (Å²) in [5.74, 6) is 1.83. The van der Waals surface area contributed by atoms with Crippen LogP contribution in [0.4, 0.5) is 0 Å². The van der Waals surface area contributed by atoms with E-state index in [0.717, 1.165) is 105 Å². The molecule has 0 saturated carbocycles. The minimum atomic E-state index is 0.600. The third kappa shape index (κ3) is 5.81. The van der Waals surface area contributed by atoms with Gasteiger partial charge in [-0.15, -0.1) is 0 Å². The van der Waals surface area contributed by atoms with Crippen molar-refractivity contribution in [3.05, 3.63) is 212 Å². The van der Waals surface area contributed by atoms with E-state index in [1.807, 2.05) is 48.5 Å². The van der Waals surface area contributed by atoms with Gasteiger partial charge >= 0.3 is 0 Å². The van der Waals surface area contributed by atoms with Gasteiger partial charge in [-0.3, -0.25) is 0 Å². The van der Waals surface area contributed by atoms with Crippen LogP contribution in [0.5, 0.6) is 0 Å². The van der Waals surface area contributed by atoms with Crippen LogP contribution in [0.1, 0.15) is 0 Å². The van der Waals surface area contributed by atoms with Gasteiger partial charge in [0, 0.05) is 65.6 Å². The van der Waals surface area contributed by atoms with Crippen LogP contribution in [0.15, 0.2) is 217 Å².